The van der Waals surface area contributed by atoms with Crippen LogP contribution in [0.25, 0.3) is 0 Å². The van der Waals surface area contributed by atoms with Gasteiger partial charge in [-0.2, -0.15) is 0 Å². The zero-order valence-electron chi connectivity index (χ0n) is 18.4. The molecule has 0 aliphatic carbocycles. The summed E-state index contributed by atoms with van der Waals surface area (Å²) < 4.78 is 22.2. The molecule has 0 aromatic heterocycles. The van der Waals surface area contributed by atoms with Crippen molar-refractivity contribution < 1.29 is 28.5 Å². The third-order valence-electron chi connectivity index (χ3n) is 5.51. The van der Waals surface area contributed by atoms with Gasteiger partial charge in [0.25, 0.3) is 11.8 Å². The van der Waals surface area contributed by atoms with Gasteiger partial charge in [-0.1, -0.05) is 18.2 Å². The van der Waals surface area contributed by atoms with Crippen molar-refractivity contribution in [2.24, 2.45) is 5.73 Å². The first-order valence-electron chi connectivity index (χ1n) is 10.8. The van der Waals surface area contributed by atoms with Crippen LogP contribution in [-0.2, 0) is 4.79 Å². The second kappa shape index (κ2) is 8.86. The summed E-state index contributed by atoms with van der Waals surface area (Å²) in [4.78, 5) is 26.5. The Labute approximate surface area is 196 Å². The number of para-hydroxylation sites is 1. The van der Waals surface area contributed by atoms with E-state index in [1.54, 1.807) is 35.2 Å². The number of nitrogens with one attached hydrogen (secondary N) is 1. The molecule has 0 saturated heterocycles. The van der Waals surface area contributed by atoms with Crippen molar-refractivity contribution in [2.45, 2.75) is 13.1 Å². The fourth-order valence-electron chi connectivity index (χ4n) is 4.02. The van der Waals surface area contributed by atoms with Crippen LogP contribution in [0.5, 0.6) is 23.0 Å². The van der Waals surface area contributed by atoms with E-state index in [2.05, 4.69) is 5.32 Å². The predicted octanol–water partition coefficient (Wildman–Crippen LogP) is 3.45. The van der Waals surface area contributed by atoms with Crippen LogP contribution in [-0.4, -0.2) is 31.8 Å². The first kappa shape index (κ1) is 21.4. The Bertz CT molecular complexity index is 1260. The molecule has 2 aliphatic rings. The molecule has 9 nitrogen and oxygen atoms in total. The minimum absolute atomic E-state index is 0.141. The van der Waals surface area contributed by atoms with Crippen LogP contribution < -0.4 is 34.9 Å². The van der Waals surface area contributed by atoms with Gasteiger partial charge in [-0.05, 0) is 48.9 Å². The van der Waals surface area contributed by atoms with E-state index in [1.807, 2.05) is 37.3 Å². The number of benzene rings is 3. The number of hydrogen-bond acceptors (Lipinski definition) is 7. The Morgan fingerprint density at radius 2 is 1.88 bits per heavy atom. The molecule has 3 aromatic rings. The van der Waals surface area contributed by atoms with Crippen LogP contribution >= 0.6 is 0 Å². The number of anilines is 2. The van der Waals surface area contributed by atoms with E-state index in [4.69, 9.17) is 24.7 Å². The summed E-state index contributed by atoms with van der Waals surface area (Å²) in [6, 6.07) is 18.1. The van der Waals surface area contributed by atoms with Gasteiger partial charge in [-0.25, -0.2) is 0 Å². The van der Waals surface area contributed by atoms with E-state index in [9.17, 15) is 9.59 Å². The zero-order valence-corrected chi connectivity index (χ0v) is 18.4. The molecule has 0 saturated carbocycles. The number of carbonyl (C=O) groups is 2. The van der Waals surface area contributed by atoms with E-state index < -0.39 is 12.1 Å². The quantitative estimate of drug-likeness (QED) is 0.554. The first-order valence-corrected chi connectivity index (χ1v) is 10.8. The van der Waals surface area contributed by atoms with Crippen molar-refractivity contribution in [1.82, 2.24) is 0 Å². The molecule has 174 valence electrons. The average Bonchev–Trinajstić information content (AvgIpc) is 3.31. The smallest absolute Gasteiger partial charge is 0.262 e. The highest BCUT2D eigenvalue weighted by molar-refractivity contribution is 6.12. The standard InChI is InChI=1S/C25H23N3O6/c1-2-31-21-11-15(7-9-19(21)32-13-23(26)29)24-27-18-6-4-3-5-17(18)25(30)28(24)16-8-10-20-22(12-16)34-14-33-20/h3-12,24,27H,2,13-14H2,1H3,(H2,26,29)/t24-/m1/s1. The number of carbonyl (C=O) groups excluding carboxylic acids is 2. The molecule has 3 N–H and O–H groups in total. The minimum Gasteiger partial charge on any atom is -0.490 e. The molecule has 1 atom stereocenters. The van der Waals surface area contributed by atoms with E-state index in [1.165, 1.54) is 0 Å². The van der Waals surface area contributed by atoms with Crippen LogP contribution in [0.2, 0.25) is 0 Å². The Balaban J connectivity index is 1.58. The molecular formula is C25H23N3O6. The molecule has 3 aromatic carbocycles. The maximum Gasteiger partial charge on any atom is 0.262 e. The molecule has 0 bridgehead atoms. The topological polar surface area (TPSA) is 112 Å². The Hall–Kier alpha value is -4.40. The molecular weight excluding hydrogens is 438 g/mol. The maximum atomic E-state index is 13.7. The number of primary amides is 1. The van der Waals surface area contributed by atoms with Gasteiger partial charge in [0, 0.05) is 11.8 Å². The van der Waals surface area contributed by atoms with Crippen molar-refractivity contribution in [3.8, 4) is 23.0 Å². The lowest BCUT2D eigenvalue weighted by atomic mass is 10.0. The van der Waals surface area contributed by atoms with Crippen molar-refractivity contribution in [2.75, 3.05) is 30.2 Å². The number of ether oxygens (including phenoxy) is 4. The summed E-state index contributed by atoms with van der Waals surface area (Å²) in [6.07, 6.45) is -0.549. The highest BCUT2D eigenvalue weighted by Crippen LogP contribution is 2.42. The molecule has 2 amide bonds. The normalized spacial score (nSPS) is 16.0. The lowest BCUT2D eigenvalue weighted by molar-refractivity contribution is -0.119. The summed E-state index contributed by atoms with van der Waals surface area (Å²) >= 11 is 0. The largest absolute Gasteiger partial charge is 0.490 e. The molecule has 0 unspecified atom stereocenters. The fourth-order valence-corrected chi connectivity index (χ4v) is 4.02. The van der Waals surface area contributed by atoms with Crippen molar-refractivity contribution in [3.63, 3.8) is 0 Å². The minimum atomic E-state index is -0.586. The fraction of sp³-hybridized carbons (Fsp3) is 0.200. The van der Waals surface area contributed by atoms with Gasteiger partial charge in [0.2, 0.25) is 6.79 Å². The number of fused-ring (bicyclic) bond motifs is 2. The molecule has 5 rings (SSSR count). The number of hydrogen-bond donors (Lipinski definition) is 2. The molecule has 0 fully saturated rings. The SMILES string of the molecule is CCOc1cc([C@@H]2Nc3ccccc3C(=O)N2c2ccc3c(c2)OCO3)ccc1OCC(N)=O. The van der Waals surface area contributed by atoms with Crippen LogP contribution in [0.15, 0.2) is 60.7 Å². The van der Waals surface area contributed by atoms with Crippen LogP contribution in [0, 0.1) is 0 Å². The first-order chi connectivity index (χ1) is 16.5. The zero-order chi connectivity index (χ0) is 23.7. The van der Waals surface area contributed by atoms with Crippen LogP contribution in [0.3, 0.4) is 0 Å². The molecule has 0 radical (unpaired) electrons. The highest BCUT2D eigenvalue weighted by Gasteiger charge is 2.35. The Morgan fingerprint density at radius 3 is 2.71 bits per heavy atom. The van der Waals surface area contributed by atoms with Gasteiger partial charge in [-0.15, -0.1) is 0 Å². The van der Waals surface area contributed by atoms with Gasteiger partial charge < -0.3 is 30.0 Å². The lowest BCUT2D eigenvalue weighted by Crippen LogP contribution is -2.43. The number of nitrogens with zero attached hydrogens (tertiary/aromatic N) is 1. The third kappa shape index (κ3) is 3.92. The summed E-state index contributed by atoms with van der Waals surface area (Å²) in [6.45, 7) is 2.11. The van der Waals surface area contributed by atoms with Gasteiger partial charge in [0.1, 0.15) is 6.17 Å². The van der Waals surface area contributed by atoms with Crippen molar-refractivity contribution in [3.05, 3.63) is 71.8 Å². The van der Waals surface area contributed by atoms with Crippen molar-refractivity contribution in [1.29, 1.82) is 0 Å². The van der Waals surface area contributed by atoms with Gasteiger partial charge in [0.15, 0.2) is 29.6 Å². The van der Waals surface area contributed by atoms with Gasteiger partial charge in [-0.3, -0.25) is 14.5 Å². The third-order valence-corrected chi connectivity index (χ3v) is 5.51. The number of amides is 2. The van der Waals surface area contributed by atoms with E-state index >= 15 is 0 Å². The number of rotatable bonds is 7. The van der Waals surface area contributed by atoms with Gasteiger partial charge >= 0.3 is 0 Å². The number of nitrogens with two attached hydrogens (primary N) is 1. The van der Waals surface area contributed by atoms with E-state index in [-0.39, 0.29) is 19.3 Å². The van der Waals surface area contributed by atoms with Gasteiger partial charge in [0.05, 0.1) is 17.9 Å². The maximum absolute atomic E-state index is 13.7. The van der Waals surface area contributed by atoms with Crippen LogP contribution in [0.4, 0.5) is 11.4 Å². The lowest BCUT2D eigenvalue weighted by Gasteiger charge is -2.38. The second-order valence-electron chi connectivity index (χ2n) is 7.70. The molecule has 34 heavy (non-hydrogen) atoms. The summed E-state index contributed by atoms with van der Waals surface area (Å²) in [5.74, 6) is 1.30. The van der Waals surface area contributed by atoms with E-state index in [0.717, 1.165) is 11.3 Å². The second-order valence-corrected chi connectivity index (χ2v) is 7.70. The highest BCUT2D eigenvalue weighted by atomic mass is 16.7. The summed E-state index contributed by atoms with van der Waals surface area (Å²) in [5.41, 5.74) is 7.90. The van der Waals surface area contributed by atoms with E-state index in [0.29, 0.717) is 40.9 Å². The average molecular weight is 461 g/mol. The molecule has 2 heterocycles. The van der Waals surface area contributed by atoms with Crippen LogP contribution in [0.1, 0.15) is 29.0 Å². The summed E-state index contributed by atoms with van der Waals surface area (Å²) in [7, 11) is 0. The Morgan fingerprint density at radius 1 is 1.06 bits per heavy atom. The predicted molar refractivity (Wildman–Crippen MR) is 124 cm³/mol. The molecule has 0 spiro atoms. The molecule has 9 heteroatoms. The monoisotopic (exact) mass is 461 g/mol. The summed E-state index contributed by atoms with van der Waals surface area (Å²) in [5, 5.41) is 3.46. The Kier molecular flexibility index (Phi) is 5.59. The van der Waals surface area contributed by atoms with Crippen molar-refractivity contribution >= 4 is 23.2 Å². The molecule has 2 aliphatic heterocycles.